The van der Waals surface area contributed by atoms with E-state index in [9.17, 15) is 14.7 Å². The van der Waals surface area contributed by atoms with Crippen molar-refractivity contribution in [1.29, 1.82) is 0 Å². The van der Waals surface area contributed by atoms with Crippen LogP contribution in [0.25, 0.3) is 11.4 Å². The molecule has 150 valence electrons. The lowest BCUT2D eigenvalue weighted by Gasteiger charge is -2.21. The first-order valence-corrected chi connectivity index (χ1v) is 9.92. The molecule has 0 bridgehead atoms. The Morgan fingerprint density at radius 3 is 2.46 bits per heavy atom. The molecule has 2 aromatic rings. The van der Waals surface area contributed by atoms with Crippen molar-refractivity contribution in [3.63, 3.8) is 0 Å². The van der Waals surface area contributed by atoms with Crippen LogP contribution in [0, 0.1) is 5.92 Å². The summed E-state index contributed by atoms with van der Waals surface area (Å²) in [7, 11) is 0. The minimum atomic E-state index is -1.00. The fraction of sp³-hybridized carbons (Fsp3) is 0.524. The van der Waals surface area contributed by atoms with E-state index in [0.29, 0.717) is 23.7 Å². The van der Waals surface area contributed by atoms with Crippen LogP contribution in [0.1, 0.15) is 80.0 Å². The standard InChI is InChI=1S/C21H26N2O5/c24-18(25)13-17(8-4-7-14-5-2-1-3-6-14)20-22-19(23-28-20)15-9-11-16(12-10-15)21(26)27/h9-12,14,17H,1-8,13H2,(H,24,25)(H,26,27)/t17-/m1/s1. The van der Waals surface area contributed by atoms with Crippen LogP contribution >= 0.6 is 0 Å². The van der Waals surface area contributed by atoms with Crippen molar-refractivity contribution in [1.82, 2.24) is 10.1 Å². The Balaban J connectivity index is 1.65. The maximum absolute atomic E-state index is 11.3. The van der Waals surface area contributed by atoms with Gasteiger partial charge in [-0.05, 0) is 24.5 Å². The van der Waals surface area contributed by atoms with E-state index in [4.69, 9.17) is 9.63 Å². The van der Waals surface area contributed by atoms with Crippen molar-refractivity contribution >= 4 is 11.9 Å². The molecule has 28 heavy (non-hydrogen) atoms. The summed E-state index contributed by atoms with van der Waals surface area (Å²) in [6, 6.07) is 6.19. The van der Waals surface area contributed by atoms with Crippen LogP contribution in [-0.2, 0) is 4.79 Å². The molecule has 1 atom stereocenters. The van der Waals surface area contributed by atoms with Gasteiger partial charge in [-0.3, -0.25) is 4.79 Å². The highest BCUT2D eigenvalue weighted by Crippen LogP contribution is 2.31. The Bertz CT molecular complexity index is 793. The monoisotopic (exact) mass is 386 g/mol. The molecule has 1 heterocycles. The molecule has 0 saturated heterocycles. The maximum atomic E-state index is 11.3. The number of nitrogens with zero attached hydrogens (tertiary/aromatic N) is 2. The van der Waals surface area contributed by atoms with E-state index in [0.717, 1.165) is 18.8 Å². The van der Waals surface area contributed by atoms with E-state index in [1.54, 1.807) is 12.1 Å². The summed E-state index contributed by atoms with van der Waals surface area (Å²) >= 11 is 0. The van der Waals surface area contributed by atoms with Crippen LogP contribution in [0.5, 0.6) is 0 Å². The summed E-state index contributed by atoms with van der Waals surface area (Å²) in [4.78, 5) is 26.6. The number of carboxylic acids is 2. The second-order valence-corrected chi connectivity index (χ2v) is 7.57. The average molecular weight is 386 g/mol. The third-order valence-electron chi connectivity index (χ3n) is 5.49. The predicted octanol–water partition coefficient (Wildman–Crippen LogP) is 4.74. The van der Waals surface area contributed by atoms with Crippen molar-refractivity contribution < 1.29 is 24.3 Å². The third kappa shape index (κ3) is 5.41. The van der Waals surface area contributed by atoms with Gasteiger partial charge in [0, 0.05) is 11.5 Å². The van der Waals surface area contributed by atoms with Gasteiger partial charge in [-0.1, -0.05) is 62.2 Å². The van der Waals surface area contributed by atoms with E-state index in [-0.39, 0.29) is 17.9 Å². The number of hydrogen-bond acceptors (Lipinski definition) is 5. The van der Waals surface area contributed by atoms with Crippen LogP contribution < -0.4 is 0 Å². The van der Waals surface area contributed by atoms with Gasteiger partial charge >= 0.3 is 11.9 Å². The Hall–Kier alpha value is -2.70. The van der Waals surface area contributed by atoms with Gasteiger partial charge in [-0.15, -0.1) is 0 Å². The molecule has 1 aliphatic carbocycles. The zero-order valence-corrected chi connectivity index (χ0v) is 15.8. The summed E-state index contributed by atoms with van der Waals surface area (Å²) in [6.07, 6.45) is 9.24. The first-order valence-electron chi connectivity index (χ1n) is 9.92. The smallest absolute Gasteiger partial charge is 0.335 e. The molecule has 0 aliphatic heterocycles. The number of aliphatic carboxylic acids is 1. The molecule has 0 unspecified atom stereocenters. The number of aromatic carboxylic acids is 1. The number of hydrogen-bond donors (Lipinski definition) is 2. The van der Waals surface area contributed by atoms with Gasteiger partial charge in [0.15, 0.2) is 0 Å². The zero-order chi connectivity index (χ0) is 19.9. The number of carboxylic acid groups (broad SMARTS) is 2. The highest BCUT2D eigenvalue weighted by atomic mass is 16.5. The lowest BCUT2D eigenvalue weighted by Crippen LogP contribution is -2.10. The van der Waals surface area contributed by atoms with E-state index in [2.05, 4.69) is 10.1 Å². The number of carbonyl (C=O) groups is 2. The highest BCUT2D eigenvalue weighted by molar-refractivity contribution is 5.88. The van der Waals surface area contributed by atoms with Crippen molar-refractivity contribution in [2.45, 2.75) is 63.7 Å². The van der Waals surface area contributed by atoms with Crippen LogP contribution in [0.3, 0.4) is 0 Å². The molecule has 7 heteroatoms. The quantitative estimate of drug-likeness (QED) is 0.639. The SMILES string of the molecule is O=C(O)C[C@@H](CCCC1CCCCC1)c1nc(-c2ccc(C(=O)O)cc2)no1. The number of rotatable bonds is 9. The molecule has 0 spiro atoms. The van der Waals surface area contributed by atoms with E-state index in [1.807, 2.05) is 0 Å². The second-order valence-electron chi connectivity index (χ2n) is 7.57. The topological polar surface area (TPSA) is 114 Å². The van der Waals surface area contributed by atoms with Crippen molar-refractivity contribution in [2.24, 2.45) is 5.92 Å². The molecular formula is C21H26N2O5. The average Bonchev–Trinajstić information content (AvgIpc) is 3.18. The Morgan fingerprint density at radius 2 is 1.82 bits per heavy atom. The van der Waals surface area contributed by atoms with Crippen LogP contribution in [0.15, 0.2) is 28.8 Å². The molecule has 7 nitrogen and oxygen atoms in total. The minimum absolute atomic E-state index is 0.0374. The van der Waals surface area contributed by atoms with Crippen molar-refractivity contribution in [3.8, 4) is 11.4 Å². The number of benzene rings is 1. The molecule has 1 aromatic carbocycles. The van der Waals surface area contributed by atoms with Crippen LogP contribution in [-0.4, -0.2) is 32.3 Å². The first kappa shape index (κ1) is 20.0. The molecule has 1 fully saturated rings. The van der Waals surface area contributed by atoms with Gasteiger partial charge < -0.3 is 14.7 Å². The van der Waals surface area contributed by atoms with Gasteiger partial charge in [0.1, 0.15) is 0 Å². The molecule has 0 radical (unpaired) electrons. The Labute approximate surface area is 163 Å². The van der Waals surface area contributed by atoms with E-state index >= 15 is 0 Å². The van der Waals surface area contributed by atoms with Gasteiger partial charge in [-0.25, -0.2) is 4.79 Å². The number of aromatic nitrogens is 2. The van der Waals surface area contributed by atoms with Crippen LogP contribution in [0.2, 0.25) is 0 Å². The second kappa shape index (κ2) is 9.48. The Kier molecular flexibility index (Phi) is 6.79. The molecule has 0 amide bonds. The lowest BCUT2D eigenvalue weighted by molar-refractivity contribution is -0.137. The summed E-state index contributed by atoms with van der Waals surface area (Å²) in [5.74, 6) is -0.753. The van der Waals surface area contributed by atoms with Crippen molar-refractivity contribution in [2.75, 3.05) is 0 Å². The van der Waals surface area contributed by atoms with Crippen LogP contribution in [0.4, 0.5) is 0 Å². The third-order valence-corrected chi connectivity index (χ3v) is 5.49. The Morgan fingerprint density at radius 1 is 1.11 bits per heavy atom. The molecule has 3 rings (SSSR count). The van der Waals surface area contributed by atoms with E-state index < -0.39 is 11.9 Å². The summed E-state index contributed by atoms with van der Waals surface area (Å²) in [6.45, 7) is 0. The fourth-order valence-electron chi connectivity index (χ4n) is 3.93. The zero-order valence-electron chi connectivity index (χ0n) is 15.8. The molecule has 1 aromatic heterocycles. The predicted molar refractivity (Wildman–Crippen MR) is 102 cm³/mol. The molecular weight excluding hydrogens is 360 g/mol. The molecule has 2 N–H and O–H groups in total. The largest absolute Gasteiger partial charge is 0.481 e. The molecule has 1 aliphatic rings. The maximum Gasteiger partial charge on any atom is 0.335 e. The van der Waals surface area contributed by atoms with Gasteiger partial charge in [0.05, 0.1) is 12.0 Å². The van der Waals surface area contributed by atoms with Gasteiger partial charge in [-0.2, -0.15) is 4.98 Å². The van der Waals surface area contributed by atoms with Gasteiger partial charge in [0.25, 0.3) is 0 Å². The van der Waals surface area contributed by atoms with Gasteiger partial charge in [0.2, 0.25) is 11.7 Å². The fourth-order valence-corrected chi connectivity index (χ4v) is 3.93. The van der Waals surface area contributed by atoms with E-state index in [1.165, 1.54) is 44.2 Å². The molecule has 1 saturated carbocycles. The normalized spacial score (nSPS) is 16.0. The lowest BCUT2D eigenvalue weighted by atomic mass is 9.84. The van der Waals surface area contributed by atoms with Crippen molar-refractivity contribution in [3.05, 3.63) is 35.7 Å². The summed E-state index contributed by atoms with van der Waals surface area (Å²) < 4.78 is 5.36. The summed E-state index contributed by atoms with van der Waals surface area (Å²) in [5.41, 5.74) is 0.815. The minimum Gasteiger partial charge on any atom is -0.481 e. The first-order chi connectivity index (χ1) is 13.5. The highest BCUT2D eigenvalue weighted by Gasteiger charge is 2.23. The summed E-state index contributed by atoms with van der Waals surface area (Å²) in [5, 5.41) is 22.2.